The monoisotopic (exact) mass is 347 g/mol. The molecule has 0 aliphatic rings. The number of aryl methyl sites for hydroxylation is 2. The van der Waals surface area contributed by atoms with Crippen molar-refractivity contribution in [1.29, 1.82) is 0 Å². The summed E-state index contributed by atoms with van der Waals surface area (Å²) >= 11 is 8.99. The number of nitrogens with zero attached hydrogens (tertiary/aromatic N) is 2. The Hall–Kier alpha value is -1.46. The molecule has 20 heavy (non-hydrogen) atoms. The Labute approximate surface area is 130 Å². The van der Waals surface area contributed by atoms with Gasteiger partial charge in [-0.05, 0) is 61.0 Å². The number of pyridine rings is 1. The first-order valence-electron chi connectivity index (χ1n) is 6.46. The third-order valence-electron chi connectivity index (χ3n) is 3.32. The summed E-state index contributed by atoms with van der Waals surface area (Å²) < 4.78 is 3.76. The maximum atomic E-state index is 5.47. The molecule has 0 aliphatic carbocycles. The predicted molar refractivity (Wildman–Crippen MR) is 88.1 cm³/mol. The summed E-state index contributed by atoms with van der Waals surface area (Å²) in [5.74, 6) is 0. The molecular formula is C15H14BrN3S. The van der Waals surface area contributed by atoms with E-state index in [1.807, 2.05) is 23.8 Å². The molecule has 102 valence electrons. The van der Waals surface area contributed by atoms with Gasteiger partial charge in [-0.15, -0.1) is 0 Å². The van der Waals surface area contributed by atoms with Gasteiger partial charge in [0.1, 0.15) is 0 Å². The lowest BCUT2D eigenvalue weighted by Gasteiger charge is -2.10. The Bertz CT molecular complexity index is 848. The lowest BCUT2D eigenvalue weighted by Crippen LogP contribution is -2.00. The van der Waals surface area contributed by atoms with Crippen LogP contribution in [0.5, 0.6) is 0 Å². The zero-order chi connectivity index (χ0) is 14.3. The fraction of sp³-hybridized carbons (Fsp3) is 0.200. The normalized spacial score (nSPS) is 11.2. The molecule has 2 aromatic heterocycles. The van der Waals surface area contributed by atoms with E-state index in [4.69, 9.17) is 12.2 Å². The molecule has 0 unspecified atom stereocenters. The number of aromatic amines is 1. The van der Waals surface area contributed by atoms with Crippen LogP contribution in [0.1, 0.15) is 18.1 Å². The van der Waals surface area contributed by atoms with Crippen molar-refractivity contribution in [2.24, 2.45) is 0 Å². The molecule has 3 rings (SSSR count). The second kappa shape index (κ2) is 5.14. The van der Waals surface area contributed by atoms with Gasteiger partial charge in [-0.2, -0.15) is 0 Å². The van der Waals surface area contributed by atoms with Crippen LogP contribution in [0, 0.1) is 11.7 Å². The zero-order valence-corrected chi connectivity index (χ0v) is 13.7. The average molecular weight is 348 g/mol. The topological polar surface area (TPSA) is 33.6 Å². The predicted octanol–water partition coefficient (Wildman–Crippen LogP) is 4.72. The van der Waals surface area contributed by atoms with Gasteiger partial charge in [0.2, 0.25) is 0 Å². The summed E-state index contributed by atoms with van der Waals surface area (Å²) in [6.07, 6.45) is 2.81. The average Bonchev–Trinajstić information content (AvgIpc) is 2.73. The van der Waals surface area contributed by atoms with Crippen molar-refractivity contribution in [3.05, 3.63) is 50.8 Å². The van der Waals surface area contributed by atoms with E-state index in [1.54, 1.807) is 0 Å². The first-order chi connectivity index (χ1) is 9.60. The Balaban J connectivity index is 2.35. The van der Waals surface area contributed by atoms with Crippen molar-refractivity contribution >= 4 is 39.3 Å². The number of aromatic nitrogens is 3. The van der Waals surface area contributed by atoms with E-state index < -0.39 is 0 Å². The summed E-state index contributed by atoms with van der Waals surface area (Å²) in [7, 11) is 0. The van der Waals surface area contributed by atoms with Crippen LogP contribution in [0.2, 0.25) is 0 Å². The highest BCUT2D eigenvalue weighted by molar-refractivity contribution is 9.10. The lowest BCUT2D eigenvalue weighted by molar-refractivity contribution is 0.995. The van der Waals surface area contributed by atoms with Crippen molar-refractivity contribution < 1.29 is 0 Å². The number of halogens is 1. The van der Waals surface area contributed by atoms with Crippen LogP contribution < -0.4 is 0 Å². The molecule has 0 saturated carbocycles. The molecule has 0 aliphatic heterocycles. The number of benzene rings is 1. The molecule has 1 N–H and O–H groups in total. The lowest BCUT2D eigenvalue weighted by atomic mass is 10.1. The smallest absolute Gasteiger partial charge is 0.184 e. The summed E-state index contributed by atoms with van der Waals surface area (Å²) in [6.45, 7) is 4.17. The molecule has 0 atom stereocenters. The summed E-state index contributed by atoms with van der Waals surface area (Å²) in [4.78, 5) is 7.76. The second-order valence-corrected chi connectivity index (χ2v) is 6.08. The Morgan fingerprint density at radius 3 is 2.90 bits per heavy atom. The maximum Gasteiger partial charge on any atom is 0.184 e. The van der Waals surface area contributed by atoms with Crippen molar-refractivity contribution in [3.63, 3.8) is 0 Å². The highest BCUT2D eigenvalue weighted by Gasteiger charge is 2.11. The van der Waals surface area contributed by atoms with Gasteiger partial charge in [-0.1, -0.05) is 22.9 Å². The number of H-pyrrole nitrogens is 1. The minimum absolute atomic E-state index is 0.676. The number of rotatable bonds is 2. The molecule has 0 radical (unpaired) electrons. The minimum atomic E-state index is 0.676. The van der Waals surface area contributed by atoms with Crippen LogP contribution in [-0.2, 0) is 6.42 Å². The molecule has 2 heterocycles. The van der Waals surface area contributed by atoms with E-state index in [2.05, 4.69) is 51.0 Å². The first-order valence-corrected chi connectivity index (χ1v) is 7.66. The van der Waals surface area contributed by atoms with Crippen molar-refractivity contribution in [2.45, 2.75) is 20.3 Å². The molecule has 0 bridgehead atoms. The van der Waals surface area contributed by atoms with Gasteiger partial charge in [0.15, 0.2) is 10.4 Å². The molecule has 0 amide bonds. The van der Waals surface area contributed by atoms with Crippen LogP contribution in [0.15, 0.2) is 34.9 Å². The number of fused-ring (bicyclic) bond motifs is 1. The Kier molecular flexibility index (Phi) is 3.48. The molecule has 0 fully saturated rings. The zero-order valence-electron chi connectivity index (χ0n) is 11.3. The molecule has 0 spiro atoms. The Morgan fingerprint density at radius 2 is 2.15 bits per heavy atom. The molecule has 3 aromatic rings. The SMILES string of the molecule is CCc1cc(Br)ccc1-n1c(=S)[nH]c2cc(C)cnc21. The molecule has 0 saturated heterocycles. The van der Waals surface area contributed by atoms with E-state index in [1.165, 1.54) is 5.56 Å². The summed E-state index contributed by atoms with van der Waals surface area (Å²) in [5, 5.41) is 0. The summed E-state index contributed by atoms with van der Waals surface area (Å²) in [6, 6.07) is 8.31. The van der Waals surface area contributed by atoms with Gasteiger partial charge in [0.05, 0.1) is 11.2 Å². The van der Waals surface area contributed by atoms with Gasteiger partial charge in [0, 0.05) is 10.7 Å². The molecular weight excluding hydrogens is 334 g/mol. The number of hydrogen-bond donors (Lipinski definition) is 1. The molecule has 5 heteroatoms. The standard InChI is InChI=1S/C15H14BrN3S/c1-3-10-7-11(16)4-5-13(10)19-14-12(18-15(19)20)6-9(2)8-17-14/h4-8H,3H2,1-2H3,(H,18,20). The van der Waals surface area contributed by atoms with Crippen LogP contribution >= 0.6 is 28.1 Å². The third kappa shape index (κ3) is 2.21. The van der Waals surface area contributed by atoms with E-state index in [9.17, 15) is 0 Å². The van der Waals surface area contributed by atoms with E-state index >= 15 is 0 Å². The van der Waals surface area contributed by atoms with Crippen LogP contribution in [0.3, 0.4) is 0 Å². The number of hydrogen-bond acceptors (Lipinski definition) is 2. The van der Waals surface area contributed by atoms with Crippen LogP contribution in [0.4, 0.5) is 0 Å². The largest absolute Gasteiger partial charge is 0.329 e. The highest BCUT2D eigenvalue weighted by Crippen LogP contribution is 2.24. The molecule has 1 aromatic carbocycles. The first kappa shape index (κ1) is 13.5. The minimum Gasteiger partial charge on any atom is -0.329 e. The maximum absolute atomic E-state index is 5.47. The van der Waals surface area contributed by atoms with E-state index in [0.29, 0.717) is 4.77 Å². The fourth-order valence-electron chi connectivity index (χ4n) is 2.38. The van der Waals surface area contributed by atoms with E-state index in [0.717, 1.165) is 33.3 Å². The van der Waals surface area contributed by atoms with Crippen molar-refractivity contribution in [2.75, 3.05) is 0 Å². The third-order valence-corrected chi connectivity index (χ3v) is 4.10. The van der Waals surface area contributed by atoms with Crippen molar-refractivity contribution in [1.82, 2.24) is 14.5 Å². The van der Waals surface area contributed by atoms with E-state index in [-0.39, 0.29) is 0 Å². The van der Waals surface area contributed by atoms with Crippen molar-refractivity contribution in [3.8, 4) is 5.69 Å². The fourth-order valence-corrected chi connectivity index (χ4v) is 3.08. The summed E-state index contributed by atoms with van der Waals surface area (Å²) in [5.41, 5.74) is 5.28. The van der Waals surface area contributed by atoms with Gasteiger partial charge in [-0.25, -0.2) is 4.98 Å². The van der Waals surface area contributed by atoms with Gasteiger partial charge < -0.3 is 4.98 Å². The van der Waals surface area contributed by atoms with Gasteiger partial charge in [-0.3, -0.25) is 4.57 Å². The highest BCUT2D eigenvalue weighted by atomic mass is 79.9. The van der Waals surface area contributed by atoms with Crippen LogP contribution in [0.25, 0.3) is 16.9 Å². The second-order valence-electron chi connectivity index (χ2n) is 4.78. The van der Waals surface area contributed by atoms with Crippen LogP contribution in [-0.4, -0.2) is 14.5 Å². The Morgan fingerprint density at radius 1 is 1.35 bits per heavy atom. The quantitative estimate of drug-likeness (QED) is 0.680. The van der Waals surface area contributed by atoms with Gasteiger partial charge >= 0.3 is 0 Å². The molecule has 3 nitrogen and oxygen atoms in total. The van der Waals surface area contributed by atoms with Gasteiger partial charge in [0.25, 0.3) is 0 Å². The number of nitrogens with one attached hydrogen (secondary N) is 1. The number of imidazole rings is 1.